The lowest BCUT2D eigenvalue weighted by atomic mass is 10.8. The second kappa shape index (κ2) is 1500. The molecule has 0 unspecified atom stereocenters. The van der Waals surface area contributed by atoms with Crippen LogP contribution in [0.5, 0.6) is 0 Å². The minimum absolute atomic E-state index is 1.75. The third kappa shape index (κ3) is 305. The molecule has 0 aromatic heterocycles. The molecule has 12 heavy (non-hydrogen) atoms. The van der Waals surface area contributed by atoms with Gasteiger partial charge in [-0.15, -0.1) is 52.6 Å². The predicted molar refractivity (Wildman–Crippen MR) is 65.5 cm³/mol. The first-order valence-electron chi connectivity index (χ1n) is 3.47. The SMILES string of the molecule is C=C.C=C.C=C.C=CC.C=CC. The standard InChI is InChI=1S/2C3H6.3C2H4/c2*1-3-2;3*1-2/h2*3H,1H2,2H3;3*1-2H2. The molecule has 0 aliphatic heterocycles. The van der Waals surface area contributed by atoms with Gasteiger partial charge >= 0.3 is 0 Å². The van der Waals surface area contributed by atoms with Gasteiger partial charge in [0, 0.05) is 0 Å². The van der Waals surface area contributed by atoms with Gasteiger partial charge in [0.15, 0.2) is 0 Å². The first kappa shape index (κ1) is 31.0. The molecule has 0 aliphatic rings. The molecular weight excluding hydrogens is 144 g/mol. The fourth-order valence-electron chi connectivity index (χ4n) is 0. The van der Waals surface area contributed by atoms with Crippen LogP contribution in [0.2, 0.25) is 0 Å². The van der Waals surface area contributed by atoms with Crippen molar-refractivity contribution in [1.82, 2.24) is 0 Å². The number of rotatable bonds is 0. The third-order valence-corrected chi connectivity index (χ3v) is 0. The molecule has 0 rings (SSSR count). The second-order valence-corrected chi connectivity index (χ2v) is 0.816. The monoisotopic (exact) mass is 168 g/mol. The lowest BCUT2D eigenvalue weighted by Crippen LogP contribution is -1.07. The van der Waals surface area contributed by atoms with E-state index in [4.69, 9.17) is 0 Å². The molecule has 0 spiro atoms. The summed E-state index contributed by atoms with van der Waals surface area (Å²) in [5.74, 6) is 0. The molecule has 0 saturated heterocycles. The fourth-order valence-corrected chi connectivity index (χ4v) is 0. The highest BCUT2D eigenvalue weighted by molar-refractivity contribution is 4.51. The first-order chi connectivity index (χ1) is 5.83. The zero-order valence-corrected chi connectivity index (χ0v) is 8.81. The molecule has 0 fully saturated rings. The molecule has 0 radical (unpaired) electrons. The molecule has 0 aromatic carbocycles. The molecule has 0 atom stereocenters. The van der Waals surface area contributed by atoms with E-state index >= 15 is 0 Å². The van der Waals surface area contributed by atoms with Crippen molar-refractivity contribution in [2.45, 2.75) is 13.8 Å². The van der Waals surface area contributed by atoms with Crippen LogP contribution in [0.4, 0.5) is 0 Å². The Morgan fingerprint density at radius 1 is 0.583 bits per heavy atom. The highest BCUT2D eigenvalue weighted by atomic mass is 13.2. The minimum atomic E-state index is 1.75. The Bertz CT molecular complexity index is 42.3. The average molecular weight is 168 g/mol. The van der Waals surface area contributed by atoms with E-state index in [1.54, 1.807) is 12.2 Å². The molecule has 72 valence electrons. The Morgan fingerprint density at radius 3 is 0.583 bits per heavy atom. The predicted octanol–water partition coefficient (Wildman–Crippen LogP) is 4.79. The van der Waals surface area contributed by atoms with Crippen LogP contribution in [-0.4, -0.2) is 0 Å². The van der Waals surface area contributed by atoms with E-state index in [0.717, 1.165) is 0 Å². The van der Waals surface area contributed by atoms with Gasteiger partial charge in [-0.3, -0.25) is 0 Å². The normalized spacial score (nSPS) is 3.17. The van der Waals surface area contributed by atoms with Gasteiger partial charge in [-0.25, -0.2) is 0 Å². The van der Waals surface area contributed by atoms with Crippen molar-refractivity contribution in [3.8, 4) is 0 Å². The van der Waals surface area contributed by atoms with Crippen LogP contribution < -0.4 is 0 Å². The summed E-state index contributed by atoms with van der Waals surface area (Å²) < 4.78 is 0. The van der Waals surface area contributed by atoms with Crippen molar-refractivity contribution in [1.29, 1.82) is 0 Å². The van der Waals surface area contributed by atoms with Crippen LogP contribution in [0.15, 0.2) is 64.8 Å². The summed E-state index contributed by atoms with van der Waals surface area (Å²) in [6.45, 7) is 28.5. The Balaban J connectivity index is -0.0000000174. The Labute approximate surface area is 79.3 Å². The van der Waals surface area contributed by atoms with Gasteiger partial charge in [0.2, 0.25) is 0 Å². The lowest BCUT2D eigenvalue weighted by molar-refractivity contribution is 1.80. The highest BCUT2D eigenvalue weighted by Crippen LogP contribution is 1.38. The molecule has 0 aliphatic carbocycles. The van der Waals surface area contributed by atoms with Gasteiger partial charge in [-0.1, -0.05) is 12.2 Å². The quantitative estimate of drug-likeness (QED) is 0.456. The van der Waals surface area contributed by atoms with E-state index in [1.165, 1.54) is 0 Å². The van der Waals surface area contributed by atoms with Crippen molar-refractivity contribution in [2.24, 2.45) is 0 Å². The fraction of sp³-hybridized carbons (Fsp3) is 0.167. The van der Waals surface area contributed by atoms with Crippen LogP contribution in [0.25, 0.3) is 0 Å². The van der Waals surface area contributed by atoms with Gasteiger partial charge < -0.3 is 0 Å². The Hall–Kier alpha value is -1.30. The van der Waals surface area contributed by atoms with Crippen molar-refractivity contribution in [2.75, 3.05) is 0 Å². The van der Waals surface area contributed by atoms with Crippen LogP contribution >= 0.6 is 0 Å². The van der Waals surface area contributed by atoms with Crippen molar-refractivity contribution in [3.63, 3.8) is 0 Å². The maximum absolute atomic E-state index is 3.36. The topological polar surface area (TPSA) is 0 Å². The van der Waals surface area contributed by atoms with Crippen molar-refractivity contribution >= 4 is 0 Å². The van der Waals surface area contributed by atoms with E-state index in [2.05, 4.69) is 52.6 Å². The van der Waals surface area contributed by atoms with Gasteiger partial charge in [0.1, 0.15) is 0 Å². The minimum Gasteiger partial charge on any atom is -0.106 e. The van der Waals surface area contributed by atoms with Crippen LogP contribution in [0.3, 0.4) is 0 Å². The summed E-state index contributed by atoms with van der Waals surface area (Å²) in [5.41, 5.74) is 0. The molecule has 0 aromatic rings. The Morgan fingerprint density at radius 2 is 0.583 bits per heavy atom. The van der Waals surface area contributed by atoms with Crippen molar-refractivity contribution in [3.05, 3.63) is 64.8 Å². The summed E-state index contributed by atoms with van der Waals surface area (Å²) >= 11 is 0. The molecule has 0 bridgehead atoms. The smallest absolute Gasteiger partial charge is 0.0473 e. The van der Waals surface area contributed by atoms with Gasteiger partial charge in [-0.2, -0.15) is 0 Å². The van der Waals surface area contributed by atoms with Crippen LogP contribution in [0.1, 0.15) is 13.8 Å². The molecule has 0 saturated carbocycles. The zero-order valence-electron chi connectivity index (χ0n) is 8.81. The summed E-state index contributed by atoms with van der Waals surface area (Å²) in [4.78, 5) is 0. The van der Waals surface area contributed by atoms with E-state index in [9.17, 15) is 0 Å². The number of hydrogen-bond donors (Lipinski definition) is 0. The van der Waals surface area contributed by atoms with Gasteiger partial charge in [-0.05, 0) is 13.8 Å². The van der Waals surface area contributed by atoms with Crippen LogP contribution in [0, 0.1) is 0 Å². The maximum atomic E-state index is 3.36. The molecule has 0 nitrogen and oxygen atoms in total. The summed E-state index contributed by atoms with van der Waals surface area (Å²) in [6, 6.07) is 0. The molecule has 0 heterocycles. The lowest BCUT2D eigenvalue weighted by Gasteiger charge is -1.31. The third-order valence-electron chi connectivity index (χ3n) is 0. The number of hydrogen-bond acceptors (Lipinski definition) is 0. The first-order valence-corrected chi connectivity index (χ1v) is 3.47. The molecule has 0 N–H and O–H groups in total. The summed E-state index contributed by atoms with van der Waals surface area (Å²) in [5, 5.41) is 0. The van der Waals surface area contributed by atoms with E-state index < -0.39 is 0 Å². The Kier molecular flexibility index (Phi) is 3870. The van der Waals surface area contributed by atoms with Gasteiger partial charge in [0.25, 0.3) is 0 Å². The average Bonchev–Trinajstić information content (AvgIpc) is 2.16. The largest absolute Gasteiger partial charge is 0.106 e. The highest BCUT2D eigenvalue weighted by Gasteiger charge is 1.15. The van der Waals surface area contributed by atoms with E-state index in [0.29, 0.717) is 0 Å². The summed E-state index contributed by atoms with van der Waals surface area (Å²) in [7, 11) is 0. The second-order valence-electron chi connectivity index (χ2n) is 0.816. The van der Waals surface area contributed by atoms with Crippen molar-refractivity contribution < 1.29 is 0 Å². The maximum Gasteiger partial charge on any atom is -0.0473 e. The number of allylic oxidation sites excluding steroid dienone is 2. The van der Waals surface area contributed by atoms with E-state index in [1.807, 2.05) is 13.8 Å². The molecule has 0 heteroatoms. The molecule has 0 amide bonds. The zero-order chi connectivity index (χ0) is 11.4. The van der Waals surface area contributed by atoms with E-state index in [-0.39, 0.29) is 0 Å². The summed E-state index contributed by atoms with van der Waals surface area (Å²) in [6.07, 6.45) is 3.50. The van der Waals surface area contributed by atoms with Gasteiger partial charge in [0.05, 0.1) is 0 Å². The van der Waals surface area contributed by atoms with Crippen LogP contribution in [-0.2, 0) is 0 Å². The molecular formula is C12H24.